The van der Waals surface area contributed by atoms with Gasteiger partial charge in [-0.25, -0.2) is 0 Å². The van der Waals surface area contributed by atoms with Crippen LogP contribution in [0.25, 0.3) is 0 Å². The number of carbonyl (C=O) groups is 2. The van der Waals surface area contributed by atoms with Crippen LogP contribution in [-0.2, 0) is 19.1 Å². The summed E-state index contributed by atoms with van der Waals surface area (Å²) in [7, 11) is 0. The Balaban J connectivity index is 4.31. The lowest BCUT2D eigenvalue weighted by molar-refractivity contribution is -0.150. The Bertz CT molecular complexity index is 894. The van der Waals surface area contributed by atoms with Gasteiger partial charge in [0.1, 0.15) is 12.2 Å². The van der Waals surface area contributed by atoms with Gasteiger partial charge in [-0.15, -0.1) is 0 Å². The second-order valence-corrected chi connectivity index (χ2v) is 17.5. The van der Waals surface area contributed by atoms with E-state index < -0.39 is 12.2 Å². The summed E-state index contributed by atoms with van der Waals surface area (Å²) < 4.78 is 11.5. The van der Waals surface area contributed by atoms with Crippen molar-refractivity contribution >= 4 is 11.9 Å². The number of esters is 2. The summed E-state index contributed by atoms with van der Waals surface area (Å²) in [5, 5.41) is 20.4. The normalized spacial score (nSPS) is 14.2. The van der Waals surface area contributed by atoms with Crippen LogP contribution in [0.1, 0.15) is 221 Å². The van der Waals surface area contributed by atoms with Crippen LogP contribution in [0, 0.1) is 0 Å². The Kier molecular flexibility index (Phi) is 40.7. The molecule has 58 heavy (non-hydrogen) atoms. The second-order valence-electron chi connectivity index (χ2n) is 17.5. The molecule has 0 aromatic rings. The van der Waals surface area contributed by atoms with E-state index in [1.165, 1.54) is 116 Å². The maximum absolute atomic E-state index is 12.6. The predicted molar refractivity (Wildman–Crippen MR) is 246 cm³/mol. The molecule has 0 aromatic heterocycles. The number of aliphatic hydroxyl groups excluding tert-OH is 2. The van der Waals surface area contributed by atoms with E-state index in [2.05, 4.69) is 48.0 Å². The molecule has 0 amide bonds. The quantitative estimate of drug-likeness (QED) is 0.0356. The summed E-state index contributed by atoms with van der Waals surface area (Å²) in [5.41, 5.74) is 0. The van der Waals surface area contributed by atoms with Crippen LogP contribution < -0.4 is 0 Å². The predicted octanol–water partition coefficient (Wildman–Crippen LogP) is 12.3. The molecule has 8 heteroatoms. The van der Waals surface area contributed by atoms with Gasteiger partial charge in [0.2, 0.25) is 0 Å². The van der Waals surface area contributed by atoms with Gasteiger partial charge in [0.05, 0.1) is 12.2 Å². The molecule has 4 atom stereocenters. The SMILES string of the molecule is CCCCCCCC/C=C\CCCCCCCC(=O)OC(C)CN(CCN(CC(C)O)CC(C)OC(=O)CCCCCCC/C=C\CCCCCCCC)CC(C)O. The summed E-state index contributed by atoms with van der Waals surface area (Å²) in [6, 6.07) is 0. The average molecular weight is 821 g/mol. The van der Waals surface area contributed by atoms with Gasteiger partial charge in [-0.3, -0.25) is 19.4 Å². The number of hydrogen-bond donors (Lipinski definition) is 2. The molecule has 0 aromatic carbocycles. The smallest absolute Gasteiger partial charge is 0.306 e. The van der Waals surface area contributed by atoms with E-state index in [1.807, 2.05) is 13.8 Å². The molecule has 0 aliphatic heterocycles. The van der Waals surface area contributed by atoms with Gasteiger partial charge in [-0.05, 0) is 91.9 Å². The number of allylic oxidation sites excluding steroid dienone is 4. The van der Waals surface area contributed by atoms with E-state index in [4.69, 9.17) is 9.47 Å². The summed E-state index contributed by atoms with van der Waals surface area (Å²) in [6.45, 7) is 15.1. The van der Waals surface area contributed by atoms with E-state index in [1.54, 1.807) is 13.8 Å². The Morgan fingerprint density at radius 1 is 0.431 bits per heavy atom. The van der Waals surface area contributed by atoms with Crippen LogP contribution in [0.5, 0.6) is 0 Å². The van der Waals surface area contributed by atoms with Crippen LogP contribution in [0.2, 0.25) is 0 Å². The number of ether oxygens (including phenoxy) is 2. The molecule has 0 saturated heterocycles. The van der Waals surface area contributed by atoms with Crippen LogP contribution in [0.3, 0.4) is 0 Å². The second kappa shape index (κ2) is 42.0. The minimum Gasteiger partial charge on any atom is -0.461 e. The van der Waals surface area contributed by atoms with Gasteiger partial charge in [-0.1, -0.05) is 141 Å². The summed E-state index contributed by atoms with van der Waals surface area (Å²) in [5.74, 6) is -0.314. The molecule has 2 N–H and O–H groups in total. The van der Waals surface area contributed by atoms with Crippen molar-refractivity contribution in [3.8, 4) is 0 Å². The first-order valence-corrected chi connectivity index (χ1v) is 24.6. The first-order chi connectivity index (χ1) is 28.1. The van der Waals surface area contributed by atoms with Gasteiger partial charge >= 0.3 is 11.9 Å². The fourth-order valence-electron chi connectivity index (χ4n) is 7.59. The van der Waals surface area contributed by atoms with Gasteiger partial charge in [0.15, 0.2) is 0 Å². The molecule has 0 aliphatic carbocycles. The van der Waals surface area contributed by atoms with Gasteiger partial charge in [0.25, 0.3) is 0 Å². The van der Waals surface area contributed by atoms with E-state index >= 15 is 0 Å². The lowest BCUT2D eigenvalue weighted by Gasteiger charge is -2.31. The molecule has 0 rings (SSSR count). The minimum absolute atomic E-state index is 0.157. The van der Waals surface area contributed by atoms with Crippen molar-refractivity contribution in [1.29, 1.82) is 0 Å². The molecular weight excluding hydrogens is 725 g/mol. The third-order valence-electron chi connectivity index (χ3n) is 10.8. The highest BCUT2D eigenvalue weighted by Crippen LogP contribution is 2.13. The lowest BCUT2D eigenvalue weighted by atomic mass is 10.1. The highest BCUT2D eigenvalue weighted by molar-refractivity contribution is 5.69. The zero-order valence-electron chi connectivity index (χ0n) is 39.1. The first-order valence-electron chi connectivity index (χ1n) is 24.6. The summed E-state index contributed by atoms with van der Waals surface area (Å²) in [4.78, 5) is 29.4. The highest BCUT2D eigenvalue weighted by atomic mass is 16.5. The van der Waals surface area contributed by atoms with Crippen molar-refractivity contribution in [2.75, 3.05) is 39.3 Å². The Morgan fingerprint density at radius 3 is 1.00 bits per heavy atom. The highest BCUT2D eigenvalue weighted by Gasteiger charge is 2.20. The third kappa shape index (κ3) is 41.0. The molecular formula is C50H96N2O6. The number of unbranched alkanes of at least 4 members (excludes halogenated alkanes) is 22. The maximum Gasteiger partial charge on any atom is 0.306 e. The Hall–Kier alpha value is -1.74. The van der Waals surface area contributed by atoms with Crippen molar-refractivity contribution in [2.45, 2.75) is 246 Å². The largest absolute Gasteiger partial charge is 0.461 e. The van der Waals surface area contributed by atoms with Crippen molar-refractivity contribution in [1.82, 2.24) is 9.80 Å². The van der Waals surface area contributed by atoms with E-state index in [-0.39, 0.29) is 24.1 Å². The zero-order valence-corrected chi connectivity index (χ0v) is 39.1. The van der Waals surface area contributed by atoms with E-state index in [0.29, 0.717) is 52.1 Å². The van der Waals surface area contributed by atoms with Gasteiger partial charge < -0.3 is 19.7 Å². The van der Waals surface area contributed by atoms with Crippen molar-refractivity contribution in [3.63, 3.8) is 0 Å². The molecule has 0 saturated carbocycles. The summed E-state index contributed by atoms with van der Waals surface area (Å²) >= 11 is 0. The number of carbonyl (C=O) groups excluding carboxylic acids is 2. The average Bonchev–Trinajstić information content (AvgIpc) is 3.16. The fourth-order valence-corrected chi connectivity index (χ4v) is 7.59. The monoisotopic (exact) mass is 821 g/mol. The maximum atomic E-state index is 12.6. The first kappa shape index (κ1) is 56.3. The van der Waals surface area contributed by atoms with Crippen LogP contribution in [-0.4, -0.2) is 95.6 Å². The summed E-state index contributed by atoms with van der Waals surface area (Å²) in [6.07, 6.45) is 40.5. The molecule has 8 nitrogen and oxygen atoms in total. The van der Waals surface area contributed by atoms with Crippen LogP contribution in [0.4, 0.5) is 0 Å². The van der Waals surface area contributed by atoms with Crippen molar-refractivity contribution in [3.05, 3.63) is 24.3 Å². The molecule has 0 fully saturated rings. The van der Waals surface area contributed by atoms with Gasteiger partial charge in [0, 0.05) is 52.1 Å². The zero-order chi connectivity index (χ0) is 42.9. The Labute approximate surface area is 359 Å². The van der Waals surface area contributed by atoms with E-state index in [0.717, 1.165) is 51.4 Å². The third-order valence-corrected chi connectivity index (χ3v) is 10.8. The Morgan fingerprint density at radius 2 is 0.707 bits per heavy atom. The molecule has 0 heterocycles. The standard InChI is InChI=1S/C50H96N2O6/c1-7-9-11-13-15-17-19-21-23-25-27-29-31-33-35-37-49(55)57-47(5)43-51(41-45(3)53)39-40-52(42-46(4)54)44-48(6)58-50(56)38-36-34-32-30-28-26-24-22-20-18-16-14-12-10-8-2/h21-24,45-48,53-54H,7-20,25-44H2,1-6H3/b23-21-,24-22-. The van der Waals surface area contributed by atoms with Crippen molar-refractivity contribution < 1.29 is 29.3 Å². The lowest BCUT2D eigenvalue weighted by Crippen LogP contribution is -2.45. The number of rotatable bonds is 43. The van der Waals surface area contributed by atoms with Gasteiger partial charge in [-0.2, -0.15) is 0 Å². The van der Waals surface area contributed by atoms with Crippen LogP contribution >= 0.6 is 0 Å². The topological polar surface area (TPSA) is 99.5 Å². The van der Waals surface area contributed by atoms with E-state index in [9.17, 15) is 19.8 Å². The number of nitrogens with zero attached hydrogens (tertiary/aromatic N) is 2. The molecule has 0 bridgehead atoms. The minimum atomic E-state index is -0.527. The number of hydrogen-bond acceptors (Lipinski definition) is 8. The molecule has 342 valence electrons. The molecule has 0 spiro atoms. The van der Waals surface area contributed by atoms with Crippen LogP contribution in [0.15, 0.2) is 24.3 Å². The molecule has 4 unspecified atom stereocenters. The molecule has 0 aliphatic rings. The molecule has 0 radical (unpaired) electrons. The number of aliphatic hydroxyl groups is 2. The van der Waals surface area contributed by atoms with Crippen molar-refractivity contribution in [2.24, 2.45) is 0 Å². The fraction of sp³-hybridized carbons (Fsp3) is 0.880.